The quantitative estimate of drug-likeness (QED) is 0.628. The van der Waals surface area contributed by atoms with Gasteiger partial charge in [-0.1, -0.05) is 17.8 Å². The van der Waals surface area contributed by atoms with Gasteiger partial charge in [-0.2, -0.15) is 0 Å². The highest BCUT2D eigenvalue weighted by Crippen LogP contribution is 2.21. The number of urea groups is 1. The third kappa shape index (κ3) is 5.10. The van der Waals surface area contributed by atoms with E-state index in [2.05, 4.69) is 26.1 Å². The number of nitrogens with one attached hydrogen (secondary N) is 3. The minimum absolute atomic E-state index is 0.116. The zero-order valence-electron chi connectivity index (χ0n) is 15.7. The number of hydrogen-bond acceptors (Lipinski definition) is 7. The summed E-state index contributed by atoms with van der Waals surface area (Å²) in [5.41, 5.74) is 2.89. The van der Waals surface area contributed by atoms with Crippen molar-refractivity contribution in [3.05, 3.63) is 35.2 Å². The molecular formula is C18H21N5O4S. The summed E-state index contributed by atoms with van der Waals surface area (Å²) in [6.45, 7) is 5.68. The molecular weight excluding hydrogens is 382 g/mol. The van der Waals surface area contributed by atoms with Crippen LogP contribution in [0, 0.1) is 19.8 Å². The van der Waals surface area contributed by atoms with Crippen molar-refractivity contribution in [2.24, 2.45) is 5.92 Å². The molecule has 0 radical (unpaired) electrons. The molecule has 28 heavy (non-hydrogen) atoms. The monoisotopic (exact) mass is 403 g/mol. The van der Waals surface area contributed by atoms with Gasteiger partial charge in [-0.15, -0.1) is 10.2 Å². The van der Waals surface area contributed by atoms with Crippen molar-refractivity contribution in [1.29, 1.82) is 0 Å². The van der Waals surface area contributed by atoms with Gasteiger partial charge >= 0.3 is 6.03 Å². The lowest BCUT2D eigenvalue weighted by Crippen LogP contribution is -2.57. The van der Waals surface area contributed by atoms with Crippen LogP contribution in [0.4, 0.5) is 10.5 Å². The van der Waals surface area contributed by atoms with E-state index in [4.69, 9.17) is 4.42 Å². The predicted octanol–water partition coefficient (Wildman–Crippen LogP) is 1.80. The van der Waals surface area contributed by atoms with Gasteiger partial charge in [-0.3, -0.25) is 14.9 Å². The van der Waals surface area contributed by atoms with Crippen molar-refractivity contribution in [1.82, 2.24) is 20.8 Å². The summed E-state index contributed by atoms with van der Waals surface area (Å²) >= 11 is 1.12. The molecule has 0 bridgehead atoms. The summed E-state index contributed by atoms with van der Waals surface area (Å²) < 4.78 is 5.52. The molecule has 1 saturated heterocycles. The average molecular weight is 403 g/mol. The van der Waals surface area contributed by atoms with Crippen molar-refractivity contribution < 1.29 is 18.8 Å². The molecule has 0 aliphatic carbocycles. The fourth-order valence-electron chi connectivity index (χ4n) is 2.98. The Labute approximate surface area is 166 Å². The van der Waals surface area contributed by atoms with Gasteiger partial charge in [0.25, 0.3) is 5.22 Å². The number of amides is 4. The molecule has 148 valence electrons. The first-order valence-electron chi connectivity index (χ1n) is 8.75. The molecule has 2 heterocycles. The zero-order valence-corrected chi connectivity index (χ0v) is 16.6. The highest BCUT2D eigenvalue weighted by Gasteiger charge is 2.34. The van der Waals surface area contributed by atoms with Crippen LogP contribution in [-0.2, 0) is 16.0 Å². The van der Waals surface area contributed by atoms with E-state index in [1.165, 1.54) is 0 Å². The Bertz CT molecular complexity index is 893. The number of nitrogens with zero attached hydrogens (tertiary/aromatic N) is 2. The summed E-state index contributed by atoms with van der Waals surface area (Å²) in [5.74, 6) is -0.663. The van der Waals surface area contributed by atoms with Crippen LogP contribution in [-0.4, -0.2) is 39.8 Å². The maximum absolute atomic E-state index is 12.1. The minimum Gasteiger partial charge on any atom is -0.416 e. The Morgan fingerprint density at radius 3 is 2.61 bits per heavy atom. The van der Waals surface area contributed by atoms with E-state index >= 15 is 0 Å². The number of rotatable bonds is 6. The van der Waals surface area contributed by atoms with Gasteiger partial charge < -0.3 is 15.1 Å². The molecule has 2 unspecified atom stereocenters. The van der Waals surface area contributed by atoms with E-state index < -0.39 is 11.9 Å². The Morgan fingerprint density at radius 1 is 1.21 bits per heavy atom. The molecule has 0 saturated carbocycles. The van der Waals surface area contributed by atoms with Crippen LogP contribution in [0.2, 0.25) is 0 Å². The summed E-state index contributed by atoms with van der Waals surface area (Å²) in [7, 11) is 0. The van der Waals surface area contributed by atoms with Crippen molar-refractivity contribution >= 4 is 35.3 Å². The van der Waals surface area contributed by atoms with Crippen LogP contribution >= 0.6 is 11.8 Å². The van der Waals surface area contributed by atoms with E-state index in [0.29, 0.717) is 0 Å². The molecule has 1 aromatic heterocycles. The van der Waals surface area contributed by atoms with Crippen molar-refractivity contribution in [3.63, 3.8) is 0 Å². The van der Waals surface area contributed by atoms with Crippen LogP contribution in [0.5, 0.6) is 0 Å². The Morgan fingerprint density at radius 2 is 1.93 bits per heavy atom. The topological polar surface area (TPSA) is 126 Å². The van der Waals surface area contributed by atoms with Crippen LogP contribution in [0.25, 0.3) is 0 Å². The van der Waals surface area contributed by atoms with E-state index in [1.807, 2.05) is 32.0 Å². The lowest BCUT2D eigenvalue weighted by atomic mass is 9.95. The van der Waals surface area contributed by atoms with Crippen LogP contribution in [0.15, 0.2) is 27.8 Å². The van der Waals surface area contributed by atoms with E-state index in [9.17, 15) is 14.4 Å². The van der Waals surface area contributed by atoms with Gasteiger partial charge in [0, 0.05) is 18.2 Å². The summed E-state index contributed by atoms with van der Waals surface area (Å²) in [6, 6.07) is 4.98. The zero-order chi connectivity index (χ0) is 20.3. The number of aryl methyl sites for hydroxylation is 2. The van der Waals surface area contributed by atoms with E-state index in [1.54, 1.807) is 6.92 Å². The summed E-state index contributed by atoms with van der Waals surface area (Å²) in [5, 5.41) is 15.8. The molecule has 2 aromatic rings. The standard InChI is InChI=1S/C18H21N5O4S/c1-9-4-10(2)6-12(5-9)20-14(24)8-28-18-23-22-15(27-18)7-13-11(3)19-17(26)21-16(13)25/h4-6,11,13H,7-8H2,1-3H3,(H,20,24)(H2,19,21,25,26). The third-order valence-electron chi connectivity index (χ3n) is 4.21. The molecule has 1 aliphatic heterocycles. The molecule has 1 aliphatic rings. The maximum atomic E-state index is 12.1. The normalized spacial score (nSPS) is 19.1. The van der Waals surface area contributed by atoms with Gasteiger partial charge in [-0.25, -0.2) is 4.79 Å². The second-order valence-electron chi connectivity index (χ2n) is 6.74. The fourth-order valence-corrected chi connectivity index (χ4v) is 3.56. The smallest absolute Gasteiger partial charge is 0.321 e. The first-order valence-corrected chi connectivity index (χ1v) is 9.73. The second kappa shape index (κ2) is 8.42. The lowest BCUT2D eigenvalue weighted by molar-refractivity contribution is -0.125. The molecule has 10 heteroatoms. The fraction of sp³-hybridized carbons (Fsp3) is 0.389. The molecule has 4 amide bonds. The van der Waals surface area contributed by atoms with Crippen LogP contribution in [0.1, 0.15) is 23.9 Å². The largest absolute Gasteiger partial charge is 0.416 e. The molecule has 1 aromatic carbocycles. The first-order chi connectivity index (χ1) is 13.3. The molecule has 3 rings (SSSR count). The van der Waals surface area contributed by atoms with Gasteiger partial charge in [-0.05, 0) is 44.0 Å². The van der Waals surface area contributed by atoms with Gasteiger partial charge in [0.05, 0.1) is 11.7 Å². The summed E-state index contributed by atoms with van der Waals surface area (Å²) in [4.78, 5) is 35.3. The lowest BCUT2D eigenvalue weighted by Gasteiger charge is -2.27. The number of hydrogen-bond donors (Lipinski definition) is 3. The number of imide groups is 1. The van der Waals surface area contributed by atoms with Crippen molar-refractivity contribution in [2.45, 2.75) is 38.5 Å². The van der Waals surface area contributed by atoms with Gasteiger partial charge in [0.2, 0.25) is 17.7 Å². The SMILES string of the molecule is Cc1cc(C)cc(NC(=O)CSc2nnc(CC3C(=O)NC(=O)NC3C)o2)c1. The highest BCUT2D eigenvalue weighted by atomic mass is 32.2. The van der Waals surface area contributed by atoms with E-state index in [0.717, 1.165) is 28.6 Å². The number of carbonyl (C=O) groups excluding carboxylic acids is 3. The minimum atomic E-state index is -0.509. The summed E-state index contributed by atoms with van der Waals surface area (Å²) in [6.07, 6.45) is 0.204. The maximum Gasteiger partial charge on any atom is 0.321 e. The number of aromatic nitrogens is 2. The second-order valence-corrected chi connectivity index (χ2v) is 7.66. The van der Waals surface area contributed by atoms with Gasteiger partial charge in [0.15, 0.2) is 0 Å². The third-order valence-corrected chi connectivity index (χ3v) is 5.03. The number of benzene rings is 1. The average Bonchev–Trinajstić information content (AvgIpc) is 3.03. The Balaban J connectivity index is 1.52. The molecule has 1 fully saturated rings. The predicted molar refractivity (Wildman–Crippen MR) is 103 cm³/mol. The number of carbonyl (C=O) groups is 3. The Hall–Kier alpha value is -2.88. The van der Waals surface area contributed by atoms with E-state index in [-0.39, 0.29) is 41.1 Å². The molecule has 0 spiro atoms. The van der Waals surface area contributed by atoms with Gasteiger partial charge in [0.1, 0.15) is 0 Å². The van der Waals surface area contributed by atoms with Crippen LogP contribution < -0.4 is 16.0 Å². The molecule has 2 atom stereocenters. The first kappa shape index (κ1) is 19.9. The van der Waals surface area contributed by atoms with Crippen LogP contribution in [0.3, 0.4) is 0 Å². The number of anilines is 1. The van der Waals surface area contributed by atoms with Crippen molar-refractivity contribution in [2.75, 3.05) is 11.1 Å². The molecule has 3 N–H and O–H groups in total. The Kier molecular flexibility index (Phi) is 5.98. The highest BCUT2D eigenvalue weighted by molar-refractivity contribution is 7.99. The molecule has 9 nitrogen and oxygen atoms in total. The number of thioether (sulfide) groups is 1. The van der Waals surface area contributed by atoms with Crippen molar-refractivity contribution in [3.8, 4) is 0 Å².